The monoisotopic (exact) mass is 622 g/mol. The molecule has 1 saturated heterocycles. The van der Waals surface area contributed by atoms with E-state index >= 15 is 0 Å². The fourth-order valence-electron chi connectivity index (χ4n) is 7.05. The Morgan fingerprint density at radius 1 is 1.09 bits per heavy atom. The molecule has 8 rings (SSSR count). The summed E-state index contributed by atoms with van der Waals surface area (Å²) in [5.74, 6) is 0.686. The number of rotatable bonds is 4. The Hall–Kier alpha value is -4.93. The SMILES string of the molecule is CCCn1cc(C(=O)N2CCCOc3cccc4c3OC[C@@]3(CNC(=O)C2)CN(C(=O)c2ccc5ncccc5c2)C[C@@H]43)c(C)n1. The molecule has 6 heterocycles. The zero-order valence-corrected chi connectivity index (χ0v) is 26.2. The maximum absolute atomic E-state index is 13.9. The zero-order chi connectivity index (χ0) is 31.8. The highest BCUT2D eigenvalue weighted by Gasteiger charge is 2.53. The molecular formula is C35H38N6O5. The van der Waals surface area contributed by atoms with Gasteiger partial charge in [0.2, 0.25) is 5.91 Å². The third kappa shape index (κ3) is 5.44. The molecule has 4 aliphatic heterocycles. The van der Waals surface area contributed by atoms with Gasteiger partial charge in [0.25, 0.3) is 11.8 Å². The first-order chi connectivity index (χ1) is 22.3. The van der Waals surface area contributed by atoms with Gasteiger partial charge in [-0.25, -0.2) is 0 Å². The highest BCUT2D eigenvalue weighted by molar-refractivity contribution is 5.98. The zero-order valence-electron chi connectivity index (χ0n) is 26.2. The van der Waals surface area contributed by atoms with Crippen molar-refractivity contribution in [3.8, 4) is 11.5 Å². The second-order valence-electron chi connectivity index (χ2n) is 12.6. The first-order valence-corrected chi connectivity index (χ1v) is 16.0. The number of hydrogen-bond donors (Lipinski definition) is 1. The number of fused-ring (bicyclic) bond motifs is 10. The van der Waals surface area contributed by atoms with E-state index in [4.69, 9.17) is 9.47 Å². The Morgan fingerprint density at radius 2 is 1.98 bits per heavy atom. The van der Waals surface area contributed by atoms with Crippen LogP contribution in [0.5, 0.6) is 11.5 Å². The molecule has 2 aromatic carbocycles. The molecule has 0 saturated carbocycles. The van der Waals surface area contributed by atoms with Crippen LogP contribution in [0.2, 0.25) is 0 Å². The lowest BCUT2D eigenvalue weighted by molar-refractivity contribution is -0.122. The number of ether oxygens (including phenoxy) is 2. The second-order valence-corrected chi connectivity index (χ2v) is 12.6. The van der Waals surface area contributed by atoms with E-state index in [1.54, 1.807) is 22.0 Å². The van der Waals surface area contributed by atoms with Gasteiger partial charge in [-0.15, -0.1) is 0 Å². The first-order valence-electron chi connectivity index (χ1n) is 16.0. The van der Waals surface area contributed by atoms with Crippen molar-refractivity contribution in [1.29, 1.82) is 0 Å². The van der Waals surface area contributed by atoms with Crippen molar-refractivity contribution >= 4 is 28.6 Å². The molecule has 1 spiro atoms. The third-order valence-corrected chi connectivity index (χ3v) is 9.39. The number of likely N-dealkylation sites (tertiary alicyclic amines) is 1. The van der Waals surface area contributed by atoms with E-state index in [9.17, 15) is 14.4 Å². The number of amides is 3. The number of carbonyl (C=O) groups excluding carboxylic acids is 3. The maximum Gasteiger partial charge on any atom is 0.257 e. The van der Waals surface area contributed by atoms with Crippen molar-refractivity contribution < 1.29 is 23.9 Å². The number of pyridine rings is 1. The number of carbonyl (C=O) groups is 3. The van der Waals surface area contributed by atoms with E-state index in [1.807, 2.05) is 60.4 Å². The molecule has 11 heteroatoms. The summed E-state index contributed by atoms with van der Waals surface area (Å²) < 4.78 is 14.4. The Bertz CT molecular complexity index is 1820. The molecule has 4 bridgehead atoms. The Morgan fingerprint density at radius 3 is 2.85 bits per heavy atom. The van der Waals surface area contributed by atoms with Crippen molar-refractivity contribution in [1.82, 2.24) is 29.9 Å². The summed E-state index contributed by atoms with van der Waals surface area (Å²) in [6.07, 6.45) is 4.93. The molecule has 0 unspecified atom stereocenters. The minimum absolute atomic E-state index is 0.0755. The molecule has 2 aromatic heterocycles. The Balaban J connectivity index is 1.17. The highest BCUT2D eigenvalue weighted by atomic mass is 16.5. The largest absolute Gasteiger partial charge is 0.490 e. The van der Waals surface area contributed by atoms with Crippen molar-refractivity contribution in [2.75, 3.05) is 45.9 Å². The van der Waals surface area contributed by atoms with Gasteiger partial charge in [0.05, 0.1) is 36.5 Å². The van der Waals surface area contributed by atoms with Gasteiger partial charge in [0, 0.05) is 73.0 Å². The summed E-state index contributed by atoms with van der Waals surface area (Å²) >= 11 is 0. The molecule has 2 atom stereocenters. The molecule has 238 valence electrons. The van der Waals surface area contributed by atoms with Crippen LogP contribution in [0.4, 0.5) is 0 Å². The fourth-order valence-corrected chi connectivity index (χ4v) is 7.05. The smallest absolute Gasteiger partial charge is 0.257 e. The van der Waals surface area contributed by atoms with E-state index < -0.39 is 5.41 Å². The van der Waals surface area contributed by atoms with E-state index in [-0.39, 0.29) is 30.2 Å². The molecule has 4 aromatic rings. The summed E-state index contributed by atoms with van der Waals surface area (Å²) in [5, 5.41) is 8.52. The van der Waals surface area contributed by atoms with Crippen LogP contribution in [0.25, 0.3) is 10.9 Å². The van der Waals surface area contributed by atoms with Crippen LogP contribution >= 0.6 is 0 Å². The van der Waals surface area contributed by atoms with E-state index in [0.29, 0.717) is 80.7 Å². The molecule has 0 radical (unpaired) electrons. The van der Waals surface area contributed by atoms with Gasteiger partial charge < -0.3 is 24.6 Å². The van der Waals surface area contributed by atoms with Crippen LogP contribution in [0, 0.1) is 12.3 Å². The minimum Gasteiger partial charge on any atom is -0.490 e. The molecule has 46 heavy (non-hydrogen) atoms. The molecule has 1 fully saturated rings. The van der Waals surface area contributed by atoms with Gasteiger partial charge in [0.15, 0.2) is 11.5 Å². The summed E-state index contributed by atoms with van der Waals surface area (Å²) in [6.45, 7) is 6.68. The fraction of sp³-hybridized carbons (Fsp3) is 0.400. The number of hydrogen-bond acceptors (Lipinski definition) is 7. The van der Waals surface area contributed by atoms with Crippen molar-refractivity contribution in [2.45, 2.75) is 39.2 Å². The molecule has 3 amide bonds. The van der Waals surface area contributed by atoms with Crippen LogP contribution in [0.15, 0.2) is 60.9 Å². The van der Waals surface area contributed by atoms with Crippen LogP contribution in [0.1, 0.15) is 57.7 Å². The van der Waals surface area contributed by atoms with E-state index in [1.165, 1.54) is 0 Å². The van der Waals surface area contributed by atoms with Gasteiger partial charge in [0.1, 0.15) is 0 Å². The van der Waals surface area contributed by atoms with Gasteiger partial charge in [-0.05, 0) is 50.1 Å². The minimum atomic E-state index is -0.563. The average Bonchev–Trinajstić information content (AvgIpc) is 3.65. The first kappa shape index (κ1) is 29.8. The third-order valence-electron chi connectivity index (χ3n) is 9.39. The van der Waals surface area contributed by atoms with Crippen LogP contribution < -0.4 is 14.8 Å². The predicted octanol–water partition coefficient (Wildman–Crippen LogP) is 3.81. The lowest BCUT2D eigenvalue weighted by Crippen LogP contribution is -2.50. The van der Waals surface area contributed by atoms with Crippen LogP contribution in [-0.4, -0.2) is 88.2 Å². The molecule has 1 N–H and O–H groups in total. The van der Waals surface area contributed by atoms with Gasteiger partial charge in [-0.3, -0.25) is 24.0 Å². The van der Waals surface area contributed by atoms with Crippen LogP contribution in [0.3, 0.4) is 0 Å². The molecule has 0 aliphatic carbocycles. The number of nitrogens with one attached hydrogen (secondary N) is 1. The van der Waals surface area contributed by atoms with Crippen molar-refractivity contribution in [2.24, 2.45) is 5.41 Å². The van der Waals surface area contributed by atoms with Gasteiger partial charge >= 0.3 is 0 Å². The van der Waals surface area contributed by atoms with Crippen LogP contribution in [-0.2, 0) is 11.3 Å². The van der Waals surface area contributed by atoms with E-state index in [2.05, 4.69) is 22.3 Å². The predicted molar refractivity (Wildman–Crippen MR) is 171 cm³/mol. The molecule has 11 nitrogen and oxygen atoms in total. The number of aromatic nitrogens is 3. The highest BCUT2D eigenvalue weighted by Crippen LogP contribution is 2.52. The number of nitrogens with zero attached hydrogens (tertiary/aromatic N) is 5. The summed E-state index contributed by atoms with van der Waals surface area (Å²) in [6, 6.07) is 15.3. The Kier molecular flexibility index (Phi) is 7.84. The van der Waals surface area contributed by atoms with E-state index in [0.717, 1.165) is 22.9 Å². The second kappa shape index (κ2) is 12.1. The standard InChI is InChI=1S/C35H38N6O5/c1-3-13-41-17-27(23(2)38-41)34(44)39-14-6-15-45-30-9-4-8-26-28-18-40(21-35(28,22-46-32(26)30)20-37-31(42)19-39)33(43)25-10-11-29-24(16-25)7-5-12-36-29/h4-5,7-12,16-17,28H,3,6,13-15,18-22H2,1-2H3,(H,37,42)/t28-,35+/m0/s1. The lowest BCUT2D eigenvalue weighted by Gasteiger charge is -2.40. The van der Waals surface area contributed by atoms with Crippen molar-refractivity contribution in [3.63, 3.8) is 0 Å². The van der Waals surface area contributed by atoms with Crippen molar-refractivity contribution in [3.05, 3.63) is 83.3 Å². The summed E-state index contributed by atoms with van der Waals surface area (Å²) in [5.41, 5.74) is 2.98. The quantitative estimate of drug-likeness (QED) is 0.368. The number of para-hydroxylation sites is 1. The summed E-state index contributed by atoms with van der Waals surface area (Å²) in [7, 11) is 0. The molecule has 4 aliphatic rings. The van der Waals surface area contributed by atoms with Gasteiger partial charge in [-0.2, -0.15) is 5.10 Å². The normalized spacial score (nSPS) is 21.3. The molecular weight excluding hydrogens is 584 g/mol. The lowest BCUT2D eigenvalue weighted by atomic mass is 9.73. The number of aryl methyl sites for hydroxylation is 2. The Labute approximate surface area is 267 Å². The van der Waals surface area contributed by atoms with Gasteiger partial charge in [-0.1, -0.05) is 25.1 Å². The maximum atomic E-state index is 13.9. The average molecular weight is 623 g/mol. The topological polar surface area (TPSA) is 119 Å². The summed E-state index contributed by atoms with van der Waals surface area (Å²) in [4.78, 5) is 49.0. The number of benzene rings is 2.